The summed E-state index contributed by atoms with van der Waals surface area (Å²) in [6.45, 7) is 5.02. The first kappa shape index (κ1) is 24.9. The molecule has 0 fully saturated rings. The summed E-state index contributed by atoms with van der Waals surface area (Å²) in [5.74, 6) is 1.32. The van der Waals surface area contributed by atoms with Crippen LogP contribution in [0.4, 0.5) is 5.69 Å². The van der Waals surface area contributed by atoms with Crippen molar-refractivity contribution in [2.75, 3.05) is 5.32 Å². The Morgan fingerprint density at radius 3 is 2.08 bits per heavy atom. The number of hydrazone groups is 1. The Morgan fingerprint density at radius 2 is 1.42 bits per heavy atom. The summed E-state index contributed by atoms with van der Waals surface area (Å²) in [6.07, 6.45) is 1.70. The molecule has 0 bridgehead atoms. The van der Waals surface area contributed by atoms with Crippen LogP contribution in [-0.2, 0) is 13.2 Å². The first-order chi connectivity index (χ1) is 17.6. The SMILES string of the molecule is Cc1cccc(NC(=S)NN=Cc2ccc(OCc3ccccc3)c(OCc3ccccc3)c2)c1C. The van der Waals surface area contributed by atoms with Crippen molar-refractivity contribution in [3.05, 3.63) is 125 Å². The Labute approximate surface area is 217 Å². The number of hydrogen-bond donors (Lipinski definition) is 2. The number of aryl methyl sites for hydroxylation is 1. The molecule has 0 aliphatic rings. The van der Waals surface area contributed by atoms with Crippen molar-refractivity contribution in [3.63, 3.8) is 0 Å². The van der Waals surface area contributed by atoms with E-state index in [-0.39, 0.29) is 0 Å². The van der Waals surface area contributed by atoms with Gasteiger partial charge in [0.2, 0.25) is 0 Å². The smallest absolute Gasteiger partial charge is 0.191 e. The van der Waals surface area contributed by atoms with Crippen LogP contribution in [0.2, 0.25) is 0 Å². The zero-order chi connectivity index (χ0) is 25.2. The second kappa shape index (κ2) is 12.5. The van der Waals surface area contributed by atoms with E-state index in [1.54, 1.807) is 6.21 Å². The molecule has 0 unspecified atom stereocenters. The first-order valence-electron chi connectivity index (χ1n) is 11.7. The summed E-state index contributed by atoms with van der Waals surface area (Å²) in [5, 5.41) is 7.91. The maximum Gasteiger partial charge on any atom is 0.191 e. The Morgan fingerprint density at radius 1 is 0.778 bits per heavy atom. The summed E-state index contributed by atoms with van der Waals surface area (Å²) in [4.78, 5) is 0. The number of rotatable bonds is 9. The van der Waals surface area contributed by atoms with Crippen molar-refractivity contribution in [2.24, 2.45) is 5.10 Å². The molecule has 0 aromatic heterocycles. The first-order valence-corrected chi connectivity index (χ1v) is 12.1. The molecule has 0 aliphatic heterocycles. The van der Waals surface area contributed by atoms with E-state index in [2.05, 4.69) is 35.8 Å². The number of ether oxygens (including phenoxy) is 2. The van der Waals surface area contributed by atoms with Crippen molar-refractivity contribution < 1.29 is 9.47 Å². The van der Waals surface area contributed by atoms with Crippen molar-refractivity contribution in [3.8, 4) is 11.5 Å². The zero-order valence-corrected chi connectivity index (χ0v) is 21.2. The topological polar surface area (TPSA) is 54.9 Å². The minimum Gasteiger partial charge on any atom is -0.485 e. The second-order valence-electron chi connectivity index (χ2n) is 8.33. The van der Waals surface area contributed by atoms with Crippen LogP contribution in [0.25, 0.3) is 0 Å². The molecule has 0 aliphatic carbocycles. The Hall–Kier alpha value is -4.16. The summed E-state index contributed by atoms with van der Waals surface area (Å²) in [7, 11) is 0. The van der Waals surface area contributed by atoms with Gasteiger partial charge in [-0.05, 0) is 78.1 Å². The van der Waals surface area contributed by atoms with Crippen molar-refractivity contribution in [1.29, 1.82) is 0 Å². The van der Waals surface area contributed by atoms with Crippen LogP contribution in [0.5, 0.6) is 11.5 Å². The molecule has 4 aromatic carbocycles. The molecule has 5 nitrogen and oxygen atoms in total. The maximum absolute atomic E-state index is 6.14. The fourth-order valence-corrected chi connectivity index (χ4v) is 3.67. The van der Waals surface area contributed by atoms with E-state index in [0.29, 0.717) is 29.8 Å². The van der Waals surface area contributed by atoms with Gasteiger partial charge in [-0.1, -0.05) is 72.8 Å². The molecule has 4 aromatic rings. The molecule has 0 atom stereocenters. The van der Waals surface area contributed by atoms with Crippen LogP contribution >= 0.6 is 12.2 Å². The molecule has 36 heavy (non-hydrogen) atoms. The van der Waals surface area contributed by atoms with Crippen LogP contribution in [0.15, 0.2) is 102 Å². The lowest BCUT2D eigenvalue weighted by molar-refractivity contribution is 0.256. The highest BCUT2D eigenvalue weighted by Crippen LogP contribution is 2.30. The van der Waals surface area contributed by atoms with Crippen LogP contribution in [-0.4, -0.2) is 11.3 Å². The van der Waals surface area contributed by atoms with Crippen molar-refractivity contribution in [1.82, 2.24) is 5.43 Å². The minimum atomic E-state index is 0.420. The van der Waals surface area contributed by atoms with E-state index in [1.807, 2.05) is 91.0 Å². The predicted octanol–water partition coefficient (Wildman–Crippen LogP) is 6.78. The van der Waals surface area contributed by atoms with Gasteiger partial charge in [0.05, 0.1) is 6.21 Å². The Bertz CT molecular complexity index is 1320. The van der Waals surface area contributed by atoms with Crippen LogP contribution < -0.4 is 20.2 Å². The number of benzene rings is 4. The largest absolute Gasteiger partial charge is 0.485 e. The third-order valence-corrected chi connectivity index (χ3v) is 5.87. The van der Waals surface area contributed by atoms with Gasteiger partial charge in [-0.15, -0.1) is 0 Å². The molecule has 2 N–H and O–H groups in total. The van der Waals surface area contributed by atoms with Gasteiger partial charge in [-0.3, -0.25) is 5.43 Å². The normalized spacial score (nSPS) is 10.7. The summed E-state index contributed by atoms with van der Waals surface area (Å²) in [5.41, 5.74) is 9.21. The third kappa shape index (κ3) is 7.17. The van der Waals surface area contributed by atoms with E-state index in [1.165, 1.54) is 5.56 Å². The average molecular weight is 496 g/mol. The van der Waals surface area contributed by atoms with Gasteiger partial charge in [0.1, 0.15) is 13.2 Å². The molecule has 4 rings (SSSR count). The molecular weight excluding hydrogens is 466 g/mol. The van der Waals surface area contributed by atoms with E-state index < -0.39 is 0 Å². The number of nitrogens with one attached hydrogen (secondary N) is 2. The zero-order valence-electron chi connectivity index (χ0n) is 20.4. The van der Waals surface area contributed by atoms with E-state index in [9.17, 15) is 0 Å². The quantitative estimate of drug-likeness (QED) is 0.152. The average Bonchev–Trinajstić information content (AvgIpc) is 2.90. The maximum atomic E-state index is 6.14. The second-order valence-corrected chi connectivity index (χ2v) is 8.73. The Kier molecular flexibility index (Phi) is 8.67. The summed E-state index contributed by atoms with van der Waals surface area (Å²) >= 11 is 5.40. The number of nitrogens with zero attached hydrogens (tertiary/aromatic N) is 1. The van der Waals surface area contributed by atoms with Gasteiger partial charge in [0.25, 0.3) is 0 Å². The molecule has 0 saturated heterocycles. The Balaban J connectivity index is 1.43. The van der Waals surface area contributed by atoms with E-state index in [4.69, 9.17) is 21.7 Å². The highest BCUT2D eigenvalue weighted by atomic mass is 32.1. The van der Waals surface area contributed by atoms with Crippen LogP contribution in [0.1, 0.15) is 27.8 Å². The number of hydrogen-bond acceptors (Lipinski definition) is 4. The lowest BCUT2D eigenvalue weighted by Gasteiger charge is -2.14. The summed E-state index contributed by atoms with van der Waals surface area (Å²) in [6, 6.07) is 31.9. The monoisotopic (exact) mass is 495 g/mol. The van der Waals surface area contributed by atoms with E-state index in [0.717, 1.165) is 27.9 Å². The molecule has 0 amide bonds. The molecule has 0 radical (unpaired) electrons. The van der Waals surface area contributed by atoms with Gasteiger partial charge >= 0.3 is 0 Å². The lowest BCUT2D eigenvalue weighted by atomic mass is 10.1. The number of anilines is 1. The molecule has 0 saturated carbocycles. The summed E-state index contributed by atoms with van der Waals surface area (Å²) < 4.78 is 12.2. The van der Waals surface area contributed by atoms with Gasteiger partial charge < -0.3 is 14.8 Å². The minimum absolute atomic E-state index is 0.420. The molecule has 0 spiro atoms. The fraction of sp³-hybridized carbons (Fsp3) is 0.133. The predicted molar refractivity (Wildman–Crippen MR) is 151 cm³/mol. The molecule has 182 valence electrons. The van der Waals surface area contributed by atoms with Gasteiger partial charge in [-0.25, -0.2) is 0 Å². The number of thiocarbonyl (C=S) groups is 1. The van der Waals surface area contributed by atoms with E-state index >= 15 is 0 Å². The molecule has 0 heterocycles. The highest BCUT2D eigenvalue weighted by Gasteiger charge is 2.08. The van der Waals surface area contributed by atoms with Gasteiger partial charge in [-0.2, -0.15) is 5.10 Å². The third-order valence-electron chi connectivity index (χ3n) is 5.67. The standard InChI is InChI=1S/C30H29N3O2S/c1-22-10-9-15-27(23(22)2)32-30(36)33-31-19-26-16-17-28(34-20-24-11-5-3-6-12-24)29(18-26)35-21-25-13-7-4-8-14-25/h3-19H,20-21H2,1-2H3,(H2,32,33,36). The van der Waals surface area contributed by atoms with Gasteiger partial charge in [0.15, 0.2) is 16.6 Å². The lowest BCUT2D eigenvalue weighted by Crippen LogP contribution is -2.24. The molecule has 6 heteroatoms. The van der Waals surface area contributed by atoms with Crippen LogP contribution in [0.3, 0.4) is 0 Å². The molecular formula is C30H29N3O2S. The van der Waals surface area contributed by atoms with Crippen molar-refractivity contribution >= 4 is 29.2 Å². The van der Waals surface area contributed by atoms with Crippen molar-refractivity contribution in [2.45, 2.75) is 27.1 Å². The van der Waals surface area contributed by atoms with Gasteiger partial charge in [0, 0.05) is 5.69 Å². The fourth-order valence-electron chi connectivity index (χ4n) is 3.51. The van der Waals surface area contributed by atoms with Crippen LogP contribution in [0, 0.1) is 13.8 Å². The highest BCUT2D eigenvalue weighted by molar-refractivity contribution is 7.80.